The van der Waals surface area contributed by atoms with Gasteiger partial charge in [-0.05, 0) is 235 Å². The number of allylic oxidation sites excluding steroid dienone is 12. The summed E-state index contributed by atoms with van der Waals surface area (Å²) in [5.41, 5.74) is 0. The lowest BCUT2D eigenvalue weighted by Gasteiger charge is -2.18. The molecule has 0 bridgehead atoms. The van der Waals surface area contributed by atoms with E-state index in [-0.39, 0.29) is 23.6 Å². The van der Waals surface area contributed by atoms with Crippen molar-refractivity contribution in [1.82, 2.24) is 39.2 Å². The van der Waals surface area contributed by atoms with Gasteiger partial charge in [-0.1, -0.05) is 255 Å². The lowest BCUT2D eigenvalue weighted by Crippen LogP contribution is -2.30. The van der Waals surface area contributed by atoms with Crippen LogP contribution in [0.3, 0.4) is 0 Å². The molecule has 0 radical (unpaired) electrons. The van der Waals surface area contributed by atoms with Gasteiger partial charge >= 0.3 is 0 Å². The average molecular weight is 1800 g/mol. The summed E-state index contributed by atoms with van der Waals surface area (Å²) < 4.78 is 0. The van der Waals surface area contributed by atoms with Crippen LogP contribution in [0.15, 0.2) is 99.2 Å². The van der Waals surface area contributed by atoms with Crippen LogP contribution in [-0.4, -0.2) is 195 Å². The zero-order chi connectivity index (χ0) is 97.8. The number of unbranched alkanes of at least 4 members (excludes halogenated alkanes) is 40. The summed E-state index contributed by atoms with van der Waals surface area (Å²) in [6, 6.07) is 0. The van der Waals surface area contributed by atoms with Crippen molar-refractivity contribution in [3.8, 4) is 0 Å². The first kappa shape index (κ1) is 137. The molecule has 0 saturated heterocycles. The van der Waals surface area contributed by atoms with E-state index < -0.39 is 0 Å². The smallest absolute Gasteiger partial charge is 0.222 e. The molecular formula is C112H216N8O8. The summed E-state index contributed by atoms with van der Waals surface area (Å²) in [4.78, 5) is 106. The maximum absolute atomic E-state index is 11.8. The first-order chi connectivity index (χ1) is 61.7. The Labute approximate surface area is 796 Å². The Balaban J connectivity index is -0.000000215. The van der Waals surface area contributed by atoms with Crippen LogP contribution in [-0.2, 0) is 38.4 Å². The van der Waals surface area contributed by atoms with Crippen LogP contribution < -0.4 is 0 Å². The van der Waals surface area contributed by atoms with Crippen molar-refractivity contribution in [2.45, 2.75) is 468 Å². The number of amides is 8. The number of nitrogens with zero attached hydrogens (tertiary/aromatic N) is 8. The zero-order valence-electron chi connectivity index (χ0n) is 88.7. The van der Waals surface area contributed by atoms with Crippen molar-refractivity contribution in [1.29, 1.82) is 0 Å². The molecule has 8 amide bonds. The summed E-state index contributed by atoms with van der Waals surface area (Å²) in [5.74, 6) is 2.26. The molecule has 0 fully saturated rings. The van der Waals surface area contributed by atoms with Crippen molar-refractivity contribution in [3.63, 3.8) is 0 Å². The minimum Gasteiger partial charge on any atom is -0.349 e. The minimum absolute atomic E-state index is 0.230. The Bertz CT molecular complexity index is 2560. The number of carbonyl (C=O) groups excluding carboxylic acids is 8. The lowest BCUT2D eigenvalue weighted by molar-refractivity contribution is -0.131. The zero-order valence-corrected chi connectivity index (χ0v) is 88.7. The second-order valence-electron chi connectivity index (χ2n) is 34.6. The van der Waals surface area contributed by atoms with Crippen molar-refractivity contribution >= 4 is 47.3 Å². The molecule has 128 heavy (non-hydrogen) atoms. The van der Waals surface area contributed by atoms with Gasteiger partial charge in [-0.2, -0.15) is 0 Å². The van der Waals surface area contributed by atoms with Crippen molar-refractivity contribution in [2.75, 3.05) is 109 Å². The maximum Gasteiger partial charge on any atom is 0.222 e. The predicted molar refractivity (Wildman–Crippen MR) is 564 cm³/mol. The summed E-state index contributed by atoms with van der Waals surface area (Å²) in [5, 5.41) is 0. The van der Waals surface area contributed by atoms with Crippen LogP contribution in [0, 0.1) is 0 Å². The molecule has 0 spiro atoms. The molecule has 16 heteroatoms. The van der Waals surface area contributed by atoms with E-state index in [0.717, 1.165) is 187 Å². The van der Waals surface area contributed by atoms with Crippen LogP contribution >= 0.6 is 0 Å². The summed E-state index contributed by atoms with van der Waals surface area (Å²) >= 11 is 0. The summed E-state index contributed by atoms with van der Waals surface area (Å²) in [6.45, 7) is 46.6. The van der Waals surface area contributed by atoms with Crippen molar-refractivity contribution < 1.29 is 38.4 Å². The third-order valence-electron chi connectivity index (χ3n) is 22.3. The number of carbonyl (C=O) groups is 8. The van der Waals surface area contributed by atoms with Gasteiger partial charge in [0.2, 0.25) is 47.3 Å². The SMILES string of the molecule is C=CCCCCCC(=O)N(C)C.C=CCCCCCC(=O)N(CC)CC.C=CCCCCCCCC(=O)N(C)C.C=CCCCCCCCC(=O)N(CC)CC.CC/C=C/CCCCCCCC(=O)N(C)C.CC/C=C/CCCCCCCC(=O)N(CC)CC.CCCC/C=C/CCCCCCCC(=O)N(C)C.CCCC/C=C/CCCCCCCC(=O)N(CC)CC. The van der Waals surface area contributed by atoms with Gasteiger partial charge in [-0.25, -0.2) is 0 Å². The fourth-order valence-corrected chi connectivity index (χ4v) is 13.5. The monoisotopic (exact) mass is 1800 g/mol. The number of hydrogen-bond donors (Lipinski definition) is 0. The van der Waals surface area contributed by atoms with Gasteiger partial charge in [0, 0.05) is 160 Å². The molecule has 0 aromatic heterocycles. The Morgan fingerprint density at radius 1 is 0.172 bits per heavy atom. The van der Waals surface area contributed by atoms with Crippen molar-refractivity contribution in [2.24, 2.45) is 0 Å². The molecule has 0 aliphatic heterocycles. The molecule has 0 atom stereocenters. The number of hydrogen-bond acceptors (Lipinski definition) is 8. The summed E-state index contributed by atoms with van der Waals surface area (Å²) in [6.07, 6.45) is 94.1. The highest BCUT2D eigenvalue weighted by Gasteiger charge is 2.13. The third-order valence-corrected chi connectivity index (χ3v) is 22.3. The molecule has 0 saturated carbocycles. The van der Waals surface area contributed by atoms with E-state index in [4.69, 9.17) is 0 Å². The second-order valence-corrected chi connectivity index (χ2v) is 34.6. The molecule has 0 unspecified atom stereocenters. The Hall–Kier alpha value is -6.32. The van der Waals surface area contributed by atoms with Crippen LogP contribution in [0.4, 0.5) is 0 Å². The van der Waals surface area contributed by atoms with Crippen LogP contribution in [0.2, 0.25) is 0 Å². The molecule has 0 aliphatic rings. The molecule has 0 aromatic carbocycles. The third kappa shape index (κ3) is 114. The molecule has 752 valence electrons. The molecule has 0 rings (SSSR count). The largest absolute Gasteiger partial charge is 0.349 e. The van der Waals surface area contributed by atoms with E-state index in [1.165, 1.54) is 218 Å². The highest BCUT2D eigenvalue weighted by atomic mass is 16.2. The molecular weight excluding hydrogens is 1590 g/mol. The van der Waals surface area contributed by atoms with Crippen LogP contribution in [0.5, 0.6) is 0 Å². The van der Waals surface area contributed by atoms with Crippen LogP contribution in [0.1, 0.15) is 468 Å². The normalized spacial score (nSPS) is 10.5. The predicted octanol–water partition coefficient (Wildman–Crippen LogP) is 30.2. The second kappa shape index (κ2) is 117. The van der Waals surface area contributed by atoms with Crippen molar-refractivity contribution in [3.05, 3.63) is 99.2 Å². The van der Waals surface area contributed by atoms with E-state index >= 15 is 0 Å². The van der Waals surface area contributed by atoms with Gasteiger partial charge in [0.15, 0.2) is 0 Å². The Morgan fingerprint density at radius 3 is 0.453 bits per heavy atom. The van der Waals surface area contributed by atoms with E-state index in [1.54, 1.807) is 33.7 Å². The molecule has 16 nitrogen and oxygen atoms in total. The van der Waals surface area contributed by atoms with Gasteiger partial charge in [-0.15, -0.1) is 26.3 Å². The molecule has 0 N–H and O–H groups in total. The average Bonchev–Trinajstić information content (AvgIpc) is 0.974. The fourth-order valence-electron chi connectivity index (χ4n) is 13.5. The van der Waals surface area contributed by atoms with Gasteiger partial charge in [0.05, 0.1) is 0 Å². The van der Waals surface area contributed by atoms with E-state index in [9.17, 15) is 38.4 Å². The molecule has 0 aliphatic carbocycles. The molecule has 0 heterocycles. The van der Waals surface area contributed by atoms with Crippen LogP contribution in [0.25, 0.3) is 0 Å². The quantitative estimate of drug-likeness (QED) is 0.0429. The molecule has 0 aromatic rings. The first-order valence-electron chi connectivity index (χ1n) is 52.7. The maximum atomic E-state index is 11.8. The minimum atomic E-state index is 0.230. The fraction of sp³-hybridized carbons (Fsp3) is 0.786. The van der Waals surface area contributed by atoms with E-state index in [1.807, 2.05) is 128 Å². The number of rotatable bonds is 76. The van der Waals surface area contributed by atoms with Gasteiger partial charge in [0.25, 0.3) is 0 Å². The Kier molecular flexibility index (Phi) is 125. The standard InChI is InChI=1S/C18H35NO.2C16H31NO.2C14H27NO.2C12H23NO.C10H19NO/c1-4-7-8-9-10-11-12-13-14-15-16-17-18(20)19(5-2)6-3;1-4-5-6-7-8-9-10-11-12-13-14-15-16(18)17(2)3;1-4-7-8-9-10-11-12-13-14-15-16(18)17(5-2)6-3;1-4-5-6-7-8-9-10-11-12-13-14(16)15(2)3;1-4-7-8-9-10-11-12-13-14(16)15(5-2)6-3;1-4-5-6-7-8-9-10-11-12(14)13(2)3;1-4-7-8-9-10-11-12(14)13(5-2)6-3;1-4-5-6-7-8-9-10(12)11(2)3/h9-10H,4-8,11-17H2,1-3H3;2*7-8H,4-6,9-15H2,1-3H3;5-6H,4,7-13H2,1-3H3;4H,1,5-13H2,2-3H3;2*4H,1,5-11H2,2-3H3;4H,1,5-9H2,2-3H3/b10-9+;2*8-7+;6-5+;;;;. The first-order valence-corrected chi connectivity index (χ1v) is 52.7. The summed E-state index contributed by atoms with van der Waals surface area (Å²) in [7, 11) is 14.5. The van der Waals surface area contributed by atoms with Gasteiger partial charge in [-0.3, -0.25) is 38.4 Å². The highest BCUT2D eigenvalue weighted by molar-refractivity contribution is 5.78. The van der Waals surface area contributed by atoms with E-state index in [2.05, 4.69) is 116 Å². The topological polar surface area (TPSA) is 162 Å². The highest BCUT2D eigenvalue weighted by Crippen LogP contribution is 2.16. The van der Waals surface area contributed by atoms with Gasteiger partial charge < -0.3 is 39.2 Å². The van der Waals surface area contributed by atoms with E-state index in [0.29, 0.717) is 55.7 Å². The van der Waals surface area contributed by atoms with Gasteiger partial charge in [0.1, 0.15) is 0 Å². The lowest BCUT2D eigenvalue weighted by atomic mass is 10.1. The Morgan fingerprint density at radius 2 is 0.305 bits per heavy atom.